The Morgan fingerprint density at radius 3 is 2.82 bits per heavy atom. The van der Waals surface area contributed by atoms with Crippen LogP contribution in [0.1, 0.15) is 25.1 Å². The van der Waals surface area contributed by atoms with E-state index in [1.165, 1.54) is 0 Å². The van der Waals surface area contributed by atoms with Crippen molar-refractivity contribution in [3.63, 3.8) is 0 Å². The van der Waals surface area contributed by atoms with Crippen LogP contribution >= 0.6 is 0 Å². The molecule has 0 aliphatic carbocycles. The molecule has 0 aromatic carbocycles. The van der Waals surface area contributed by atoms with E-state index in [1.807, 2.05) is 6.92 Å². The summed E-state index contributed by atoms with van der Waals surface area (Å²) in [5.41, 5.74) is 2.18. The van der Waals surface area contributed by atoms with Gasteiger partial charge in [-0.15, -0.1) is 0 Å². The first-order valence-electron chi connectivity index (χ1n) is 6.05. The van der Waals surface area contributed by atoms with E-state index in [0.717, 1.165) is 11.3 Å². The van der Waals surface area contributed by atoms with Crippen LogP contribution in [-0.2, 0) is 11.3 Å². The average molecular weight is 241 g/mol. The lowest BCUT2D eigenvalue weighted by atomic mass is 10.2. The van der Waals surface area contributed by atoms with E-state index in [2.05, 4.69) is 29.4 Å². The third-order valence-electron chi connectivity index (χ3n) is 2.39. The molecule has 5 heteroatoms. The summed E-state index contributed by atoms with van der Waals surface area (Å²) in [7, 11) is 0. The first-order chi connectivity index (χ1) is 8.09. The number of aromatic amines is 1. The molecule has 0 bridgehead atoms. The number of aryl methyl sites for hydroxylation is 1. The van der Waals surface area contributed by atoms with Crippen molar-refractivity contribution < 1.29 is 9.84 Å². The molecule has 17 heavy (non-hydrogen) atoms. The van der Waals surface area contributed by atoms with Gasteiger partial charge in [-0.3, -0.25) is 5.10 Å². The third-order valence-corrected chi connectivity index (χ3v) is 2.39. The van der Waals surface area contributed by atoms with Gasteiger partial charge in [0.1, 0.15) is 0 Å². The minimum atomic E-state index is -0.457. The summed E-state index contributed by atoms with van der Waals surface area (Å²) in [5, 5.41) is 19.6. The second-order valence-corrected chi connectivity index (χ2v) is 4.74. The van der Waals surface area contributed by atoms with Gasteiger partial charge in [0.2, 0.25) is 0 Å². The Morgan fingerprint density at radius 2 is 2.24 bits per heavy atom. The third kappa shape index (κ3) is 5.81. The number of aromatic nitrogens is 2. The summed E-state index contributed by atoms with van der Waals surface area (Å²) in [6.07, 6.45) is 1.34. The van der Waals surface area contributed by atoms with Gasteiger partial charge in [-0.1, -0.05) is 13.8 Å². The van der Waals surface area contributed by atoms with Crippen molar-refractivity contribution in [3.8, 4) is 0 Å². The zero-order valence-corrected chi connectivity index (χ0v) is 10.9. The quantitative estimate of drug-likeness (QED) is 0.631. The van der Waals surface area contributed by atoms with Gasteiger partial charge in [0.25, 0.3) is 0 Å². The van der Waals surface area contributed by atoms with Crippen LogP contribution in [0.25, 0.3) is 0 Å². The van der Waals surface area contributed by atoms with Crippen molar-refractivity contribution in [2.45, 2.75) is 33.4 Å². The highest BCUT2D eigenvalue weighted by Gasteiger charge is 2.05. The van der Waals surface area contributed by atoms with Crippen LogP contribution in [0.15, 0.2) is 6.20 Å². The molecule has 0 spiro atoms. The molecule has 3 N–H and O–H groups in total. The number of H-pyrrole nitrogens is 1. The van der Waals surface area contributed by atoms with Crippen LogP contribution in [0.4, 0.5) is 0 Å². The second-order valence-electron chi connectivity index (χ2n) is 4.74. The first kappa shape index (κ1) is 14.2. The number of aliphatic hydroxyl groups excluding tert-OH is 1. The summed E-state index contributed by atoms with van der Waals surface area (Å²) < 4.78 is 5.36. The molecule has 1 aromatic rings. The van der Waals surface area contributed by atoms with Gasteiger partial charge in [-0.25, -0.2) is 0 Å². The van der Waals surface area contributed by atoms with Gasteiger partial charge in [-0.05, 0) is 12.8 Å². The van der Waals surface area contributed by atoms with Gasteiger partial charge in [0.05, 0.1) is 18.9 Å². The predicted molar refractivity (Wildman–Crippen MR) is 66.7 cm³/mol. The summed E-state index contributed by atoms with van der Waals surface area (Å²) in [6, 6.07) is 0. The van der Waals surface area contributed by atoms with Crippen molar-refractivity contribution in [2.75, 3.05) is 19.8 Å². The number of nitrogens with zero attached hydrogens (tertiary/aromatic N) is 1. The Morgan fingerprint density at radius 1 is 1.47 bits per heavy atom. The molecule has 1 rings (SSSR count). The average Bonchev–Trinajstić information content (AvgIpc) is 2.64. The largest absolute Gasteiger partial charge is 0.389 e. The Hall–Kier alpha value is -0.910. The molecule has 0 amide bonds. The summed E-state index contributed by atoms with van der Waals surface area (Å²) in [5.74, 6) is 0.503. The second kappa shape index (κ2) is 7.42. The maximum Gasteiger partial charge on any atom is 0.0897 e. The summed E-state index contributed by atoms with van der Waals surface area (Å²) in [6.45, 7) is 8.48. The highest BCUT2D eigenvalue weighted by atomic mass is 16.5. The van der Waals surface area contributed by atoms with Crippen LogP contribution in [0.3, 0.4) is 0 Å². The van der Waals surface area contributed by atoms with Gasteiger partial charge < -0.3 is 15.2 Å². The lowest BCUT2D eigenvalue weighted by Crippen LogP contribution is -2.30. The molecule has 0 saturated heterocycles. The molecule has 0 aliphatic heterocycles. The van der Waals surface area contributed by atoms with Crippen molar-refractivity contribution in [2.24, 2.45) is 5.92 Å². The van der Waals surface area contributed by atoms with Crippen LogP contribution in [0, 0.1) is 12.8 Å². The smallest absolute Gasteiger partial charge is 0.0897 e. The van der Waals surface area contributed by atoms with Crippen molar-refractivity contribution in [1.29, 1.82) is 0 Å². The summed E-state index contributed by atoms with van der Waals surface area (Å²) >= 11 is 0. The Bertz CT molecular complexity index is 312. The molecular weight excluding hydrogens is 218 g/mol. The molecule has 1 atom stereocenters. The van der Waals surface area contributed by atoms with E-state index in [0.29, 0.717) is 32.2 Å². The van der Waals surface area contributed by atoms with Crippen LogP contribution < -0.4 is 5.32 Å². The van der Waals surface area contributed by atoms with Crippen LogP contribution in [0.2, 0.25) is 0 Å². The van der Waals surface area contributed by atoms with Crippen molar-refractivity contribution in [3.05, 3.63) is 17.5 Å². The highest BCUT2D eigenvalue weighted by Crippen LogP contribution is 2.01. The van der Waals surface area contributed by atoms with Gasteiger partial charge in [0.15, 0.2) is 0 Å². The number of ether oxygens (including phenoxy) is 1. The van der Waals surface area contributed by atoms with E-state index in [4.69, 9.17) is 4.74 Å². The fourth-order valence-corrected chi connectivity index (χ4v) is 1.43. The number of rotatable bonds is 8. The Balaban J connectivity index is 2.08. The minimum absolute atomic E-state index is 0.384. The lowest BCUT2D eigenvalue weighted by molar-refractivity contribution is 0.0260. The minimum Gasteiger partial charge on any atom is -0.389 e. The number of nitrogens with one attached hydrogen (secondary N) is 2. The molecule has 0 unspecified atom stereocenters. The monoisotopic (exact) mass is 241 g/mol. The maximum absolute atomic E-state index is 9.65. The standard InChI is InChI=1S/C12H23N3O2/c1-9(2)7-17-8-12(16)6-13-4-11-5-14-15-10(11)3/h5,9,12-13,16H,4,6-8H2,1-3H3,(H,14,15)/t12-/m1/s1. The zero-order valence-electron chi connectivity index (χ0n) is 10.9. The molecule has 0 fully saturated rings. The predicted octanol–water partition coefficient (Wildman–Crippen LogP) is 0.841. The Kier molecular flexibility index (Phi) is 6.18. The number of aliphatic hydroxyl groups is 1. The summed E-state index contributed by atoms with van der Waals surface area (Å²) in [4.78, 5) is 0. The molecule has 0 saturated carbocycles. The molecule has 1 heterocycles. The Labute approximate surface area is 103 Å². The fraction of sp³-hybridized carbons (Fsp3) is 0.750. The molecule has 98 valence electrons. The normalized spacial score (nSPS) is 13.2. The SMILES string of the molecule is Cc1[nH]ncc1CNC[C@@H](O)COCC(C)C. The van der Waals surface area contributed by atoms with E-state index in [1.54, 1.807) is 6.20 Å². The number of hydrogen-bond donors (Lipinski definition) is 3. The van der Waals surface area contributed by atoms with Gasteiger partial charge >= 0.3 is 0 Å². The van der Waals surface area contributed by atoms with E-state index >= 15 is 0 Å². The van der Waals surface area contributed by atoms with Crippen LogP contribution in [0.5, 0.6) is 0 Å². The van der Waals surface area contributed by atoms with E-state index in [-0.39, 0.29) is 0 Å². The molecule has 0 radical (unpaired) electrons. The topological polar surface area (TPSA) is 70.2 Å². The van der Waals surface area contributed by atoms with Crippen LogP contribution in [-0.4, -0.2) is 41.2 Å². The fourth-order valence-electron chi connectivity index (χ4n) is 1.43. The maximum atomic E-state index is 9.65. The van der Waals surface area contributed by atoms with Crippen molar-refractivity contribution >= 4 is 0 Å². The molecule has 1 aromatic heterocycles. The highest BCUT2D eigenvalue weighted by molar-refractivity contribution is 5.13. The first-order valence-corrected chi connectivity index (χ1v) is 6.05. The van der Waals surface area contributed by atoms with E-state index in [9.17, 15) is 5.11 Å². The number of hydrogen-bond acceptors (Lipinski definition) is 4. The van der Waals surface area contributed by atoms with E-state index < -0.39 is 6.10 Å². The van der Waals surface area contributed by atoms with Gasteiger partial charge in [0, 0.05) is 31.0 Å². The van der Waals surface area contributed by atoms with Gasteiger partial charge in [-0.2, -0.15) is 5.10 Å². The zero-order chi connectivity index (χ0) is 12.7. The van der Waals surface area contributed by atoms with Crippen molar-refractivity contribution in [1.82, 2.24) is 15.5 Å². The molecule has 5 nitrogen and oxygen atoms in total. The molecular formula is C12H23N3O2. The molecule has 0 aliphatic rings. The lowest BCUT2D eigenvalue weighted by Gasteiger charge is -2.13.